The maximum atomic E-state index is 14.2. The predicted molar refractivity (Wildman–Crippen MR) is 435 cm³/mol. The van der Waals surface area contributed by atoms with Gasteiger partial charge in [-0.3, -0.25) is 28.1 Å². The van der Waals surface area contributed by atoms with E-state index in [1.165, 1.54) is 43.3 Å². The molecular formula is C81H88O30P4. The molecule has 0 radical (unpaired) electrons. The molecule has 0 saturated carbocycles. The maximum Gasteiger partial charge on any atom is 0.367 e. The topological polar surface area (TPSA) is 446 Å². The van der Waals surface area contributed by atoms with E-state index in [0.29, 0.717) is 17.1 Å². The summed E-state index contributed by atoms with van der Waals surface area (Å²) in [6.45, 7) is 9.32. The number of rotatable bonds is 31. The summed E-state index contributed by atoms with van der Waals surface area (Å²) in [5.74, 6) is -4.60. The first-order valence-corrected chi connectivity index (χ1v) is 39.6. The highest BCUT2D eigenvalue weighted by molar-refractivity contribution is 7.54. The quantitative estimate of drug-likeness (QED) is 0.0180. The van der Waals surface area contributed by atoms with Crippen LogP contribution in [0.1, 0.15) is 66.2 Å². The van der Waals surface area contributed by atoms with E-state index in [1.807, 2.05) is 91.0 Å². The molecule has 2 atom stereocenters. The number of hydrogen-bond donors (Lipinski definition) is 10. The molecule has 115 heavy (non-hydrogen) atoms. The summed E-state index contributed by atoms with van der Waals surface area (Å²) in [6, 6.07) is 48.0. The van der Waals surface area contributed by atoms with Crippen LogP contribution in [0.3, 0.4) is 0 Å². The van der Waals surface area contributed by atoms with Gasteiger partial charge in [-0.2, -0.15) is 9.90 Å². The lowest BCUT2D eigenvalue weighted by Gasteiger charge is -2.20. The summed E-state index contributed by atoms with van der Waals surface area (Å²) in [6.07, 6.45) is -1.62. The van der Waals surface area contributed by atoms with E-state index >= 15 is 0 Å². The van der Waals surface area contributed by atoms with E-state index in [4.69, 9.17) is 59.8 Å². The lowest BCUT2D eigenvalue weighted by Crippen LogP contribution is -2.11. The molecule has 0 aliphatic rings. The molecule has 0 spiro atoms. The average molecular weight is 1670 g/mol. The van der Waals surface area contributed by atoms with Crippen molar-refractivity contribution < 1.29 is 129 Å². The first kappa shape index (κ1) is 90.7. The van der Waals surface area contributed by atoms with Gasteiger partial charge < -0.3 is 115 Å². The van der Waals surface area contributed by atoms with Crippen LogP contribution < -0.4 is 44.7 Å². The average Bonchev–Trinajstić information content (AvgIpc) is 0.759. The Morgan fingerprint density at radius 2 is 0.696 bits per heavy atom. The Morgan fingerprint density at radius 3 is 1.14 bits per heavy atom. The molecule has 30 nitrogen and oxygen atoms in total. The van der Waals surface area contributed by atoms with E-state index in [2.05, 4.69) is 4.52 Å². The highest BCUT2D eigenvalue weighted by Gasteiger charge is 2.30. The van der Waals surface area contributed by atoms with Gasteiger partial charge in [-0.15, -0.1) is 0 Å². The molecule has 0 amide bonds. The Balaban J connectivity index is 0.000000251. The number of hydrogen-bond acceptors (Lipinski definition) is 29. The molecule has 612 valence electrons. The fraction of sp³-hybridized carbons (Fsp3) is 0.222. The van der Waals surface area contributed by atoms with Crippen LogP contribution in [0.5, 0.6) is 86.2 Å². The van der Waals surface area contributed by atoms with Crippen molar-refractivity contribution in [3.8, 4) is 120 Å². The zero-order chi connectivity index (χ0) is 80.4. The lowest BCUT2D eigenvalue weighted by atomic mass is 10.1. The number of phenolic OH excluding ortho intramolecular Hbond substituents is 7. The SMILES string of the molecule is C.C.CCOP(=O)(COc1cc(-c2oc3cc(O)cc(O)c3c(=O)c2O)ccc1O)OCC.CCOP(=O)(COc1cc(-c2oc3cc(OCc4ccccc4)cc(O)c3c(=O)c2OCc2ccccc2)ccc1OCc1ccccc1)OCC.CCOP(=O)(O)COc1cc(-c2oc3cc(O)cc(O)c3c(=O)c2O)ccc1O.P. The largest absolute Gasteiger partial charge is 0.508 e. The zero-order valence-corrected chi connectivity index (χ0v) is 65.4. The number of aromatic hydroxyl groups is 9. The second kappa shape index (κ2) is 41.0. The minimum atomic E-state index is -4.04. The first-order chi connectivity index (χ1) is 53.7. The molecule has 9 aromatic carbocycles. The van der Waals surface area contributed by atoms with Gasteiger partial charge in [-0.25, -0.2) is 0 Å². The smallest absolute Gasteiger partial charge is 0.367 e. The third kappa shape index (κ3) is 22.9. The van der Waals surface area contributed by atoms with Crippen LogP contribution in [0.15, 0.2) is 210 Å². The van der Waals surface area contributed by atoms with Crippen LogP contribution in [0.25, 0.3) is 66.9 Å². The third-order valence-corrected chi connectivity index (χ3v) is 20.5. The molecule has 0 aliphatic heterocycles. The summed E-state index contributed by atoms with van der Waals surface area (Å²) in [5, 5.41) is 90.0. The van der Waals surface area contributed by atoms with Gasteiger partial charge in [0, 0.05) is 53.1 Å². The molecule has 2 unspecified atom stereocenters. The van der Waals surface area contributed by atoms with E-state index in [1.54, 1.807) is 52.0 Å². The van der Waals surface area contributed by atoms with Crippen molar-refractivity contribution in [1.29, 1.82) is 0 Å². The van der Waals surface area contributed by atoms with Gasteiger partial charge in [-0.05, 0) is 106 Å². The van der Waals surface area contributed by atoms with Crippen LogP contribution in [-0.2, 0) is 56.1 Å². The minimum absolute atomic E-state index is 0. The number of phenols is 7. The van der Waals surface area contributed by atoms with Crippen molar-refractivity contribution in [1.82, 2.24) is 0 Å². The maximum absolute atomic E-state index is 14.2. The second-order valence-corrected chi connectivity index (χ2v) is 29.7. The fourth-order valence-electron chi connectivity index (χ4n) is 10.9. The molecule has 34 heteroatoms. The Kier molecular flexibility index (Phi) is 32.3. The van der Waals surface area contributed by atoms with Gasteiger partial charge in [0.2, 0.25) is 33.5 Å². The molecule has 0 saturated heterocycles. The molecular weight excluding hydrogens is 1580 g/mol. The summed E-state index contributed by atoms with van der Waals surface area (Å²) in [5.41, 5.74) is 0.573. The third-order valence-electron chi connectivity index (χ3n) is 15.9. The Labute approximate surface area is 662 Å². The molecule has 12 rings (SSSR count). The molecule has 0 bridgehead atoms. The Bertz CT molecular complexity index is 5640. The summed E-state index contributed by atoms with van der Waals surface area (Å²) >= 11 is 0. The highest BCUT2D eigenvalue weighted by Crippen LogP contribution is 2.52. The van der Waals surface area contributed by atoms with Crippen molar-refractivity contribution in [2.75, 3.05) is 52.1 Å². The monoisotopic (exact) mass is 1660 g/mol. The molecule has 3 heterocycles. The van der Waals surface area contributed by atoms with Gasteiger partial charge in [0.25, 0.3) is 0 Å². The van der Waals surface area contributed by atoms with Crippen LogP contribution in [0.2, 0.25) is 0 Å². The van der Waals surface area contributed by atoms with Crippen molar-refractivity contribution in [3.05, 3.63) is 229 Å². The molecule has 10 N–H and O–H groups in total. The van der Waals surface area contributed by atoms with Gasteiger partial charge >= 0.3 is 22.8 Å². The van der Waals surface area contributed by atoms with Gasteiger partial charge in [0.15, 0.2) is 70.8 Å². The molecule has 12 aromatic rings. The number of benzene rings is 9. The Hall–Kier alpha value is -11.5. The predicted octanol–water partition coefficient (Wildman–Crippen LogP) is 17.6. The van der Waals surface area contributed by atoms with E-state index in [-0.39, 0.29) is 191 Å². The normalized spacial score (nSPS) is 11.6. The van der Waals surface area contributed by atoms with Crippen molar-refractivity contribution >= 4 is 65.6 Å². The first-order valence-electron chi connectivity index (χ1n) is 34.4. The Morgan fingerprint density at radius 1 is 0.339 bits per heavy atom. The molecule has 3 aromatic heterocycles. The summed E-state index contributed by atoms with van der Waals surface area (Å²) < 4.78 is 116. The van der Waals surface area contributed by atoms with Crippen LogP contribution in [-0.4, -0.2) is 103 Å². The minimum Gasteiger partial charge on any atom is -0.508 e. The van der Waals surface area contributed by atoms with E-state index in [9.17, 15) is 78.9 Å². The van der Waals surface area contributed by atoms with Crippen LogP contribution in [0.4, 0.5) is 0 Å². The van der Waals surface area contributed by atoms with Crippen LogP contribution in [0, 0.1) is 0 Å². The standard InChI is InChI=1S/C41H39O10P.C20H21O10P.C18H17O10P.2CH4.H3P/c1-3-49-52(44,50-4-2)28-48-36-22-32(20-21-35(36)46-26-30-16-10-6-11-17-30)40-41(47-27-31-18-12-7-13-19-31)39(43)38-34(42)23-33(24-37(38)51-40)45-25-29-14-8-5-9-15-29;1-3-28-31(26,29-4-2)10-27-15-7-11(5-6-13(15)22)20-19(25)18(24)17-14(23)8-12(21)9-16(17)30-20;1-2-27-29(24,25)8-26-13-5-9(3-4-11(13)20)18-17(23)16(22)15-12(21)6-10(19)7-14(15)28-18;;;/h5-24,42H,3-4,25-28H2,1-2H3;5-9,21-23,25H,3-4,10H2,1-2H3;3-7,19-21,23H,2,8H2,1H3,(H,24,25);2*1H4;1H3. The van der Waals surface area contributed by atoms with E-state index in [0.717, 1.165) is 47.0 Å². The molecule has 0 aliphatic carbocycles. The van der Waals surface area contributed by atoms with Crippen molar-refractivity contribution in [3.63, 3.8) is 0 Å². The van der Waals surface area contributed by atoms with Gasteiger partial charge in [0.1, 0.15) is 87.2 Å². The van der Waals surface area contributed by atoms with E-state index < -0.39 is 81.1 Å². The van der Waals surface area contributed by atoms with Crippen LogP contribution >= 0.6 is 32.7 Å². The highest BCUT2D eigenvalue weighted by atomic mass is 31.2. The van der Waals surface area contributed by atoms with Gasteiger partial charge in [0.05, 0.1) is 33.0 Å². The van der Waals surface area contributed by atoms with Crippen molar-refractivity contribution in [2.45, 2.75) is 69.3 Å². The zero-order valence-electron chi connectivity index (χ0n) is 61.3. The number of ether oxygens (including phenoxy) is 6. The summed E-state index contributed by atoms with van der Waals surface area (Å²) in [7, 11) is -11.2. The molecule has 0 fully saturated rings. The van der Waals surface area contributed by atoms with Crippen molar-refractivity contribution in [2.24, 2.45) is 0 Å². The lowest BCUT2D eigenvalue weighted by molar-refractivity contribution is 0.193. The van der Waals surface area contributed by atoms with Gasteiger partial charge in [-0.1, -0.05) is 106 Å². The second-order valence-electron chi connectivity index (χ2n) is 23.9. The fourth-order valence-corrected chi connectivity index (χ4v) is 14.3. The summed E-state index contributed by atoms with van der Waals surface area (Å²) in [4.78, 5) is 48.7. The number of fused-ring (bicyclic) bond motifs is 3.